The molecule has 1 N–H and O–H groups in total. The summed E-state index contributed by atoms with van der Waals surface area (Å²) in [6.07, 6.45) is 2.14. The molecule has 7 heteroatoms. The van der Waals surface area contributed by atoms with E-state index < -0.39 is 0 Å². The van der Waals surface area contributed by atoms with Crippen LogP contribution in [-0.2, 0) is 14.3 Å². The highest BCUT2D eigenvalue weighted by atomic mass is 32.1. The lowest BCUT2D eigenvalue weighted by molar-refractivity contribution is -0.135. The van der Waals surface area contributed by atoms with Crippen LogP contribution in [0.3, 0.4) is 0 Å². The largest absolute Gasteiger partial charge is 0.382 e. The van der Waals surface area contributed by atoms with Crippen LogP contribution in [0.5, 0.6) is 0 Å². The topological polar surface area (TPSA) is 71.5 Å². The van der Waals surface area contributed by atoms with Crippen LogP contribution in [-0.4, -0.2) is 48.0 Å². The summed E-state index contributed by atoms with van der Waals surface area (Å²) in [5.41, 5.74) is 1.05. The summed E-state index contributed by atoms with van der Waals surface area (Å²) in [6.45, 7) is 14.3. The second-order valence-corrected chi connectivity index (χ2v) is 9.14. The van der Waals surface area contributed by atoms with Crippen LogP contribution in [0.1, 0.15) is 59.6 Å². The molecule has 0 bridgehead atoms. The molecule has 1 aromatic rings. The first-order chi connectivity index (χ1) is 12.6. The molecule has 6 nitrogen and oxygen atoms in total. The van der Waals surface area contributed by atoms with Crippen LogP contribution in [0.4, 0.5) is 5.13 Å². The van der Waals surface area contributed by atoms with Gasteiger partial charge in [-0.1, -0.05) is 27.7 Å². The van der Waals surface area contributed by atoms with Crippen molar-refractivity contribution in [3.63, 3.8) is 0 Å². The van der Waals surface area contributed by atoms with Crippen molar-refractivity contribution in [1.29, 1.82) is 0 Å². The lowest BCUT2D eigenvalue weighted by Crippen LogP contribution is -2.39. The van der Waals surface area contributed by atoms with Crippen molar-refractivity contribution in [3.05, 3.63) is 11.1 Å². The van der Waals surface area contributed by atoms with Crippen molar-refractivity contribution in [2.45, 2.75) is 60.8 Å². The Morgan fingerprint density at radius 3 is 2.63 bits per heavy atom. The first kappa shape index (κ1) is 23.6. The predicted octanol–water partition coefficient (Wildman–Crippen LogP) is 4.11. The zero-order valence-electron chi connectivity index (χ0n) is 17.6. The Morgan fingerprint density at radius 1 is 1.37 bits per heavy atom. The molecule has 27 heavy (non-hydrogen) atoms. The van der Waals surface area contributed by atoms with Gasteiger partial charge in [-0.25, -0.2) is 4.98 Å². The molecule has 0 fully saturated rings. The lowest BCUT2D eigenvalue weighted by atomic mass is 9.84. The van der Waals surface area contributed by atoms with Gasteiger partial charge >= 0.3 is 0 Å². The number of anilines is 1. The molecule has 0 saturated carbocycles. The van der Waals surface area contributed by atoms with E-state index in [4.69, 9.17) is 4.74 Å². The number of aromatic nitrogens is 1. The van der Waals surface area contributed by atoms with Gasteiger partial charge in [-0.2, -0.15) is 0 Å². The molecule has 154 valence electrons. The second-order valence-electron chi connectivity index (χ2n) is 8.28. The van der Waals surface area contributed by atoms with Gasteiger partial charge in [-0.3, -0.25) is 9.59 Å². The molecular formula is C20H35N3O3S. The number of nitrogens with zero attached hydrogens (tertiary/aromatic N) is 2. The fourth-order valence-electron chi connectivity index (χ4n) is 3.08. The Balaban J connectivity index is 2.64. The summed E-state index contributed by atoms with van der Waals surface area (Å²) in [5, 5.41) is 5.24. The van der Waals surface area contributed by atoms with E-state index in [1.165, 1.54) is 11.3 Å². The number of carbonyl (C=O) groups excluding carboxylic acids is 2. The van der Waals surface area contributed by atoms with E-state index in [1.54, 1.807) is 4.90 Å². The zero-order valence-corrected chi connectivity index (χ0v) is 18.4. The first-order valence-electron chi connectivity index (χ1n) is 9.68. The number of ether oxygens (including phenoxy) is 1. The van der Waals surface area contributed by atoms with Crippen molar-refractivity contribution in [3.8, 4) is 0 Å². The maximum atomic E-state index is 12.8. The molecule has 0 aliphatic rings. The highest BCUT2D eigenvalue weighted by Gasteiger charge is 2.22. The molecule has 0 aliphatic carbocycles. The van der Waals surface area contributed by atoms with Crippen LogP contribution < -0.4 is 5.32 Å². The van der Waals surface area contributed by atoms with E-state index in [1.807, 2.05) is 19.2 Å². The highest BCUT2D eigenvalue weighted by molar-refractivity contribution is 7.13. The van der Waals surface area contributed by atoms with Crippen molar-refractivity contribution in [2.75, 3.05) is 31.6 Å². The van der Waals surface area contributed by atoms with Gasteiger partial charge in [-0.05, 0) is 38.0 Å². The van der Waals surface area contributed by atoms with Crippen LogP contribution in [0.2, 0.25) is 0 Å². The fourth-order valence-corrected chi connectivity index (χ4v) is 3.79. The van der Waals surface area contributed by atoms with E-state index in [0.29, 0.717) is 31.3 Å². The third-order valence-corrected chi connectivity index (χ3v) is 4.83. The molecule has 2 amide bonds. The molecule has 1 aromatic heterocycles. The maximum absolute atomic E-state index is 12.8. The minimum Gasteiger partial charge on any atom is -0.382 e. The van der Waals surface area contributed by atoms with Crippen molar-refractivity contribution < 1.29 is 14.3 Å². The molecular weight excluding hydrogens is 362 g/mol. The minimum absolute atomic E-state index is 0.0220. The van der Waals surface area contributed by atoms with Gasteiger partial charge in [0, 0.05) is 31.6 Å². The molecule has 1 rings (SSSR count). The average Bonchev–Trinajstić information content (AvgIpc) is 2.93. The number of hydrogen-bond acceptors (Lipinski definition) is 5. The Morgan fingerprint density at radius 2 is 2.07 bits per heavy atom. The van der Waals surface area contributed by atoms with Crippen molar-refractivity contribution >= 4 is 28.3 Å². The van der Waals surface area contributed by atoms with E-state index in [-0.39, 0.29) is 29.7 Å². The monoisotopic (exact) mass is 397 g/mol. The van der Waals surface area contributed by atoms with E-state index >= 15 is 0 Å². The normalized spacial score (nSPS) is 12.7. The molecule has 1 atom stereocenters. The van der Waals surface area contributed by atoms with Gasteiger partial charge in [0.25, 0.3) is 0 Å². The summed E-state index contributed by atoms with van der Waals surface area (Å²) in [7, 11) is 0. The number of thiazole rings is 1. The Bertz CT molecular complexity index is 596. The van der Waals surface area contributed by atoms with Gasteiger partial charge in [0.1, 0.15) is 0 Å². The van der Waals surface area contributed by atoms with Crippen LogP contribution in [0, 0.1) is 18.3 Å². The SMILES string of the molecule is CCOCCCN(CC(=O)Nc1nc(C)cs1)C(=O)CC(C)CC(C)(C)C. The summed E-state index contributed by atoms with van der Waals surface area (Å²) in [5.74, 6) is 0.0860. The number of nitrogens with one attached hydrogen (secondary N) is 1. The smallest absolute Gasteiger partial charge is 0.245 e. The molecule has 0 aromatic carbocycles. The second kappa shape index (κ2) is 11.4. The van der Waals surface area contributed by atoms with Crippen LogP contribution in [0.25, 0.3) is 0 Å². The van der Waals surface area contributed by atoms with Crippen LogP contribution in [0.15, 0.2) is 5.38 Å². The lowest BCUT2D eigenvalue weighted by Gasteiger charge is -2.26. The van der Waals surface area contributed by atoms with Gasteiger partial charge < -0.3 is 15.0 Å². The number of hydrogen-bond donors (Lipinski definition) is 1. The average molecular weight is 398 g/mol. The number of rotatable bonds is 11. The summed E-state index contributed by atoms with van der Waals surface area (Å²) >= 11 is 1.39. The van der Waals surface area contributed by atoms with E-state index in [0.717, 1.165) is 18.5 Å². The Hall–Kier alpha value is -1.47. The molecule has 1 unspecified atom stereocenters. The third-order valence-electron chi connectivity index (χ3n) is 3.96. The fraction of sp³-hybridized carbons (Fsp3) is 0.750. The van der Waals surface area contributed by atoms with Crippen molar-refractivity contribution in [1.82, 2.24) is 9.88 Å². The molecule has 0 spiro atoms. The standard InChI is InChI=1S/C20H35N3O3S/c1-7-26-10-8-9-23(18(25)11-15(2)12-20(4,5)6)13-17(24)22-19-21-16(3)14-27-19/h14-15H,7-13H2,1-6H3,(H,21,22,24). The van der Waals surface area contributed by atoms with E-state index in [2.05, 4.69) is 38.0 Å². The minimum atomic E-state index is -0.211. The maximum Gasteiger partial charge on any atom is 0.245 e. The molecule has 0 saturated heterocycles. The Kier molecular flexibility index (Phi) is 9.94. The predicted molar refractivity (Wildman–Crippen MR) is 111 cm³/mol. The summed E-state index contributed by atoms with van der Waals surface area (Å²) in [4.78, 5) is 31.0. The quantitative estimate of drug-likeness (QED) is 0.571. The van der Waals surface area contributed by atoms with Crippen LogP contribution >= 0.6 is 11.3 Å². The first-order valence-corrected chi connectivity index (χ1v) is 10.6. The molecule has 0 radical (unpaired) electrons. The van der Waals surface area contributed by atoms with Gasteiger partial charge in [-0.15, -0.1) is 11.3 Å². The number of aryl methyl sites for hydroxylation is 1. The molecule has 1 heterocycles. The highest BCUT2D eigenvalue weighted by Crippen LogP contribution is 2.26. The van der Waals surface area contributed by atoms with E-state index in [9.17, 15) is 9.59 Å². The number of amides is 2. The number of carbonyl (C=O) groups is 2. The Labute approximate surface area is 167 Å². The third kappa shape index (κ3) is 10.4. The van der Waals surface area contributed by atoms with Gasteiger partial charge in [0.15, 0.2) is 5.13 Å². The zero-order chi connectivity index (χ0) is 20.4. The molecule has 0 aliphatic heterocycles. The van der Waals surface area contributed by atoms with Gasteiger partial charge in [0.05, 0.1) is 12.2 Å². The summed E-state index contributed by atoms with van der Waals surface area (Å²) in [6, 6.07) is 0. The van der Waals surface area contributed by atoms with Crippen molar-refractivity contribution in [2.24, 2.45) is 11.3 Å². The summed E-state index contributed by atoms with van der Waals surface area (Å²) < 4.78 is 5.37. The van der Waals surface area contributed by atoms with Gasteiger partial charge in [0.2, 0.25) is 11.8 Å².